The van der Waals surface area contributed by atoms with E-state index in [1.165, 1.54) is 55.6 Å². The van der Waals surface area contributed by atoms with E-state index < -0.39 is 22.6 Å². The fourth-order valence-electron chi connectivity index (χ4n) is 9.65. The summed E-state index contributed by atoms with van der Waals surface area (Å²) in [6.07, 6.45) is 10.3. The van der Waals surface area contributed by atoms with Crippen molar-refractivity contribution in [1.29, 1.82) is 0 Å². The Morgan fingerprint density at radius 3 is 1.27 bits per heavy atom. The predicted octanol–water partition coefficient (Wildman–Crippen LogP) is 12.7. The van der Waals surface area contributed by atoms with E-state index in [9.17, 15) is 0 Å². The van der Waals surface area contributed by atoms with Crippen LogP contribution in [0.3, 0.4) is 0 Å². The molecule has 0 heterocycles. The molecule has 258 valence electrons. The summed E-state index contributed by atoms with van der Waals surface area (Å²) in [5, 5.41) is 3.09. The van der Waals surface area contributed by atoms with Gasteiger partial charge in [-0.1, -0.05) is 0 Å². The number of fused-ring (bicyclic) bond motifs is 2. The zero-order valence-corrected chi connectivity index (χ0v) is 36.1. The number of rotatable bonds is 8. The van der Waals surface area contributed by atoms with Crippen LogP contribution in [0.1, 0.15) is 80.3 Å². The van der Waals surface area contributed by atoms with E-state index in [0.717, 1.165) is 0 Å². The van der Waals surface area contributed by atoms with Crippen molar-refractivity contribution in [3.63, 3.8) is 0 Å². The van der Waals surface area contributed by atoms with E-state index in [1.54, 1.807) is 10.4 Å². The summed E-state index contributed by atoms with van der Waals surface area (Å²) in [7, 11) is 0. The van der Waals surface area contributed by atoms with Crippen LogP contribution in [-0.2, 0) is 17.1 Å². The van der Waals surface area contributed by atoms with Gasteiger partial charge in [0, 0.05) is 0 Å². The maximum atomic E-state index is 2.86. The summed E-state index contributed by atoms with van der Waals surface area (Å²) in [6.45, 7) is 9.17. The van der Waals surface area contributed by atoms with Gasteiger partial charge in [0.2, 0.25) is 0 Å². The van der Waals surface area contributed by atoms with Gasteiger partial charge in [0.15, 0.2) is 0 Å². The van der Waals surface area contributed by atoms with Gasteiger partial charge in [-0.25, -0.2) is 0 Å². The molecule has 6 aromatic carbocycles. The summed E-state index contributed by atoms with van der Waals surface area (Å²) in [4.78, 5) is 0. The van der Waals surface area contributed by atoms with E-state index in [1.807, 2.05) is 0 Å². The number of allylic oxidation sites excluding steroid dienone is 2. The van der Waals surface area contributed by atoms with Gasteiger partial charge in [0.05, 0.1) is 0 Å². The second kappa shape index (κ2) is 13.7. The molecule has 0 fully saturated rings. The molecule has 52 heavy (non-hydrogen) atoms. The normalized spacial score (nSPS) is 16.4. The van der Waals surface area contributed by atoms with Crippen molar-refractivity contribution in [3.8, 4) is 22.3 Å². The van der Waals surface area contributed by atoms with Crippen LogP contribution in [0.15, 0.2) is 158 Å². The fourth-order valence-corrected chi connectivity index (χ4v) is 62.5. The molecule has 0 N–H and O–H groups in total. The van der Waals surface area contributed by atoms with Gasteiger partial charge in [-0.2, -0.15) is 0 Å². The molecule has 2 atom stereocenters. The van der Waals surface area contributed by atoms with E-state index in [0.29, 0.717) is 19.2 Å². The topological polar surface area (TPSA) is 0 Å². The minimum absolute atomic E-state index is 0.392. The Kier molecular flexibility index (Phi) is 9.21. The Bertz CT molecular complexity index is 2260. The molecule has 0 amide bonds. The van der Waals surface area contributed by atoms with Crippen LogP contribution in [0.25, 0.3) is 34.4 Å². The summed E-state index contributed by atoms with van der Waals surface area (Å²) in [5.74, 6) is 0.987. The third-order valence-electron chi connectivity index (χ3n) is 12.4. The van der Waals surface area contributed by atoms with E-state index in [2.05, 4.69) is 207 Å². The first kappa shape index (κ1) is 34.9. The van der Waals surface area contributed by atoms with Crippen molar-refractivity contribution in [2.24, 2.45) is 0 Å². The molecule has 8 rings (SSSR count). The third kappa shape index (κ3) is 5.83. The zero-order valence-electron chi connectivity index (χ0n) is 31.5. The van der Waals surface area contributed by atoms with Gasteiger partial charge in [-0.3, -0.25) is 0 Å². The van der Waals surface area contributed by atoms with Gasteiger partial charge >= 0.3 is 315 Å². The van der Waals surface area contributed by atoms with Crippen LogP contribution < -0.4 is 10.4 Å². The first-order valence-electron chi connectivity index (χ1n) is 19.2. The summed E-state index contributed by atoms with van der Waals surface area (Å²) < 4.78 is 6.50. The van der Waals surface area contributed by atoms with Gasteiger partial charge in [-0.05, 0) is 0 Å². The van der Waals surface area contributed by atoms with Crippen molar-refractivity contribution < 1.29 is 17.1 Å². The SMILES string of the molecule is CC(C)c1cccc(-c2cccc3c2C=C[CH]3[Hf]([CH3])([CH3])([CH]2C=Cc3c(-c4cccc(C(C)C)c4)cccc32)=[Si](c2ccccc2)c2ccccc2)c1. The molecule has 0 spiro atoms. The Labute approximate surface area is 312 Å². The average molecular weight is 858 g/mol. The van der Waals surface area contributed by atoms with Crippen LogP contribution >= 0.6 is 0 Å². The van der Waals surface area contributed by atoms with Crippen molar-refractivity contribution in [2.45, 2.75) is 56.2 Å². The van der Waals surface area contributed by atoms with Gasteiger partial charge in [0.1, 0.15) is 0 Å². The van der Waals surface area contributed by atoms with E-state index in [-0.39, 0.29) is 0 Å². The molecule has 0 saturated heterocycles. The van der Waals surface area contributed by atoms with Crippen LogP contribution in [0.5, 0.6) is 0 Å². The van der Waals surface area contributed by atoms with Crippen LogP contribution in [0.4, 0.5) is 0 Å². The molecule has 0 saturated carbocycles. The second-order valence-corrected chi connectivity index (χ2v) is 60.0. The molecule has 2 aliphatic carbocycles. The van der Waals surface area contributed by atoms with Gasteiger partial charge in [0.25, 0.3) is 0 Å². The Morgan fingerprint density at radius 1 is 0.462 bits per heavy atom. The fraction of sp³-hybridized carbons (Fsp3) is 0.200. The quantitative estimate of drug-likeness (QED) is 0.134. The average Bonchev–Trinajstić information content (AvgIpc) is 3.83. The molecule has 2 heteroatoms. The van der Waals surface area contributed by atoms with Crippen molar-refractivity contribution in [3.05, 3.63) is 191 Å². The molecule has 0 aliphatic heterocycles. The first-order valence-corrected chi connectivity index (χ1v) is 37.4. The molecular formula is C50H50HfSi. The monoisotopic (exact) mass is 858 g/mol. The van der Waals surface area contributed by atoms with Crippen molar-refractivity contribution >= 4 is 28.0 Å². The summed E-state index contributed by atoms with van der Waals surface area (Å²) >= 11 is -4.43. The van der Waals surface area contributed by atoms with Crippen molar-refractivity contribution in [1.82, 2.24) is 0 Å². The standard InChI is InChI=1S/2C18H17.C12H10Si.2CH3.Hf/c2*1-13(2)15-8-3-9-16(12-15)18-11-5-7-14-6-4-10-17(14)18;1-3-7-11(8-4-1)13-12-9-5-2-6-10-12;;;/h2*3-13H,1-2H3;1-10H;2*1H3;. The maximum absolute atomic E-state index is 4.43. The van der Waals surface area contributed by atoms with Crippen molar-refractivity contribution in [2.75, 3.05) is 0 Å². The molecule has 0 bridgehead atoms. The Balaban J connectivity index is 1.42. The third-order valence-corrected chi connectivity index (χ3v) is 61.5. The molecule has 0 aromatic heterocycles. The number of hydrogen-bond acceptors (Lipinski definition) is 0. The molecule has 2 unspecified atom stereocenters. The van der Waals surface area contributed by atoms with E-state index >= 15 is 0 Å². The second-order valence-electron chi connectivity index (χ2n) is 16.6. The number of hydrogen-bond donors (Lipinski definition) is 0. The minimum atomic E-state index is -4.43. The van der Waals surface area contributed by atoms with Gasteiger partial charge < -0.3 is 0 Å². The van der Waals surface area contributed by atoms with Crippen LogP contribution in [-0.4, -0.2) is 5.49 Å². The predicted molar refractivity (Wildman–Crippen MR) is 225 cm³/mol. The number of benzene rings is 6. The Morgan fingerprint density at radius 2 is 0.865 bits per heavy atom. The molecule has 2 aliphatic rings. The van der Waals surface area contributed by atoms with Crippen LogP contribution in [0.2, 0.25) is 9.36 Å². The van der Waals surface area contributed by atoms with E-state index in [4.69, 9.17) is 0 Å². The van der Waals surface area contributed by atoms with Crippen LogP contribution in [0, 0.1) is 0 Å². The summed E-state index contributed by atoms with van der Waals surface area (Å²) in [5.41, 5.74) is 12.8. The zero-order chi connectivity index (χ0) is 36.1. The molecule has 0 nitrogen and oxygen atoms in total. The van der Waals surface area contributed by atoms with Gasteiger partial charge in [-0.15, -0.1) is 0 Å². The first-order chi connectivity index (χ1) is 25.1. The molecular weight excluding hydrogens is 807 g/mol. The molecule has 0 radical (unpaired) electrons. The molecule has 6 aromatic rings. The Hall–Kier alpha value is -4.11. The summed E-state index contributed by atoms with van der Waals surface area (Å²) in [6, 6.07) is 56.1.